The number of nitrogens with one attached hydrogen (secondary N) is 1. The second kappa shape index (κ2) is 8.39. The molecule has 1 atom stereocenters. The van der Waals surface area contributed by atoms with Crippen molar-refractivity contribution in [2.45, 2.75) is 38.0 Å². The van der Waals surface area contributed by atoms with Crippen LogP contribution in [-0.2, 0) is 13.1 Å². The maximum atomic E-state index is 12.6. The van der Waals surface area contributed by atoms with Crippen LogP contribution < -0.4 is 16.4 Å². The van der Waals surface area contributed by atoms with Crippen molar-refractivity contribution in [1.82, 2.24) is 24.3 Å². The smallest absolute Gasteiger partial charge is 0.252 e. The molecule has 2 aliphatic heterocycles. The van der Waals surface area contributed by atoms with Crippen molar-refractivity contribution >= 4 is 34.2 Å². The van der Waals surface area contributed by atoms with Crippen LogP contribution in [0, 0.1) is 0 Å². The van der Waals surface area contributed by atoms with E-state index in [2.05, 4.69) is 15.2 Å². The van der Waals surface area contributed by atoms with Crippen LogP contribution in [0.15, 0.2) is 46.1 Å². The van der Waals surface area contributed by atoms with Gasteiger partial charge in [-0.15, -0.1) is 0 Å². The summed E-state index contributed by atoms with van der Waals surface area (Å²) in [4.78, 5) is 31.4. The van der Waals surface area contributed by atoms with E-state index in [0.29, 0.717) is 29.3 Å². The fourth-order valence-corrected chi connectivity index (χ4v) is 5.02. The highest BCUT2D eigenvalue weighted by atomic mass is 35.5. The second-order valence-electron chi connectivity index (χ2n) is 8.33. The van der Waals surface area contributed by atoms with E-state index in [-0.39, 0.29) is 17.2 Å². The first kappa shape index (κ1) is 20.7. The molecule has 0 radical (unpaired) electrons. The molecule has 3 aromatic heterocycles. The quantitative estimate of drug-likeness (QED) is 0.593. The zero-order chi connectivity index (χ0) is 21.5. The van der Waals surface area contributed by atoms with Crippen LogP contribution in [0.1, 0.15) is 24.4 Å². The predicted octanol–water partition coefficient (Wildman–Crippen LogP) is 2.67. The summed E-state index contributed by atoms with van der Waals surface area (Å²) in [7, 11) is 0. The molecular weight excluding hydrogens is 437 g/mol. The number of likely N-dealkylation sites (tertiary alicyclic amines) is 1. The Balaban J connectivity index is 1.21. The van der Waals surface area contributed by atoms with Gasteiger partial charge in [-0.05, 0) is 49.7 Å². The van der Waals surface area contributed by atoms with Crippen molar-refractivity contribution in [3.05, 3.63) is 73.0 Å². The molecule has 162 valence electrons. The van der Waals surface area contributed by atoms with Gasteiger partial charge in [-0.1, -0.05) is 23.2 Å². The molecule has 2 aliphatic rings. The van der Waals surface area contributed by atoms with E-state index < -0.39 is 0 Å². The average molecular weight is 460 g/mol. The van der Waals surface area contributed by atoms with Gasteiger partial charge >= 0.3 is 0 Å². The third-order valence-electron chi connectivity index (χ3n) is 6.32. The van der Waals surface area contributed by atoms with Gasteiger partial charge in [0.15, 0.2) is 0 Å². The minimum Gasteiger partial charge on any atom is -0.310 e. The highest BCUT2D eigenvalue weighted by Crippen LogP contribution is 2.25. The van der Waals surface area contributed by atoms with E-state index in [1.807, 2.05) is 6.07 Å². The molecular formula is C22H23Cl2N5O2. The van der Waals surface area contributed by atoms with Gasteiger partial charge < -0.3 is 10.2 Å². The monoisotopic (exact) mass is 459 g/mol. The van der Waals surface area contributed by atoms with Gasteiger partial charge in [0.25, 0.3) is 11.1 Å². The Morgan fingerprint density at radius 2 is 1.81 bits per heavy atom. The van der Waals surface area contributed by atoms with E-state index in [9.17, 15) is 9.59 Å². The van der Waals surface area contributed by atoms with Crippen molar-refractivity contribution in [1.29, 1.82) is 0 Å². The van der Waals surface area contributed by atoms with Gasteiger partial charge in [-0.3, -0.25) is 18.7 Å². The second-order valence-corrected chi connectivity index (χ2v) is 9.09. The van der Waals surface area contributed by atoms with Gasteiger partial charge in [-0.2, -0.15) is 0 Å². The lowest BCUT2D eigenvalue weighted by molar-refractivity contribution is 0.171. The Hall–Kier alpha value is -2.19. The van der Waals surface area contributed by atoms with E-state index in [1.165, 1.54) is 0 Å². The number of hydrogen-bond donors (Lipinski definition) is 1. The third-order valence-corrected chi connectivity index (χ3v) is 7.01. The Bertz CT molecular complexity index is 1240. The minimum absolute atomic E-state index is 0.0157. The van der Waals surface area contributed by atoms with Gasteiger partial charge in [0.2, 0.25) is 0 Å². The van der Waals surface area contributed by atoms with Crippen molar-refractivity contribution in [2.75, 3.05) is 19.6 Å². The van der Waals surface area contributed by atoms with Crippen molar-refractivity contribution in [3.63, 3.8) is 0 Å². The molecule has 5 rings (SSSR count). The van der Waals surface area contributed by atoms with Crippen LogP contribution >= 0.6 is 23.2 Å². The SMILES string of the molecule is O=c1ccc2ccc(=O)n3c2n1CC3CN1CCC(NCc2cnc(Cl)c(Cl)c2)CC1. The van der Waals surface area contributed by atoms with Crippen molar-refractivity contribution in [2.24, 2.45) is 0 Å². The van der Waals surface area contributed by atoms with Gasteiger partial charge in [0.05, 0.1) is 11.1 Å². The fraction of sp³-hybridized carbons (Fsp3) is 0.409. The maximum absolute atomic E-state index is 12.6. The third kappa shape index (κ3) is 4.03. The Labute approximate surface area is 189 Å². The van der Waals surface area contributed by atoms with E-state index >= 15 is 0 Å². The number of pyridine rings is 3. The maximum Gasteiger partial charge on any atom is 0.252 e. The number of nitrogens with zero attached hydrogens (tertiary/aromatic N) is 4. The van der Waals surface area contributed by atoms with Crippen LogP contribution in [-0.4, -0.2) is 44.7 Å². The number of rotatable bonds is 5. The summed E-state index contributed by atoms with van der Waals surface area (Å²) in [5, 5.41) is 5.30. The molecule has 5 heterocycles. The lowest BCUT2D eigenvalue weighted by Gasteiger charge is -2.34. The normalized spacial score (nSPS) is 19.4. The van der Waals surface area contributed by atoms with Crippen LogP contribution in [0.3, 0.4) is 0 Å². The van der Waals surface area contributed by atoms with Gasteiger partial charge in [0, 0.05) is 49.4 Å². The molecule has 0 saturated carbocycles. The summed E-state index contributed by atoms with van der Waals surface area (Å²) < 4.78 is 3.54. The molecule has 0 spiro atoms. The van der Waals surface area contributed by atoms with Crippen molar-refractivity contribution in [3.8, 4) is 0 Å². The molecule has 1 saturated heterocycles. The average Bonchev–Trinajstić information content (AvgIpc) is 3.15. The Morgan fingerprint density at radius 1 is 1.06 bits per heavy atom. The first-order valence-electron chi connectivity index (χ1n) is 10.5. The molecule has 0 bridgehead atoms. The molecule has 1 unspecified atom stereocenters. The van der Waals surface area contributed by atoms with Crippen LogP contribution in [0.5, 0.6) is 0 Å². The molecule has 3 aromatic rings. The minimum atomic E-state index is -0.0472. The zero-order valence-corrected chi connectivity index (χ0v) is 18.4. The fourth-order valence-electron chi connectivity index (χ4n) is 4.73. The molecule has 0 aliphatic carbocycles. The van der Waals surface area contributed by atoms with Crippen molar-refractivity contribution < 1.29 is 0 Å². The first-order valence-corrected chi connectivity index (χ1v) is 11.3. The zero-order valence-electron chi connectivity index (χ0n) is 16.9. The lowest BCUT2D eigenvalue weighted by atomic mass is 10.0. The van der Waals surface area contributed by atoms with E-state index in [0.717, 1.165) is 49.1 Å². The number of aromatic nitrogens is 3. The topological polar surface area (TPSA) is 72.2 Å². The molecule has 7 nitrogen and oxygen atoms in total. The number of hydrogen-bond acceptors (Lipinski definition) is 5. The number of halogens is 2. The molecule has 0 aromatic carbocycles. The largest absolute Gasteiger partial charge is 0.310 e. The van der Waals surface area contributed by atoms with Gasteiger partial charge in [0.1, 0.15) is 10.8 Å². The predicted molar refractivity (Wildman–Crippen MR) is 122 cm³/mol. The Kier molecular flexibility index (Phi) is 5.60. The first-order chi connectivity index (χ1) is 15.0. The number of piperidine rings is 1. The summed E-state index contributed by atoms with van der Waals surface area (Å²) >= 11 is 11.9. The van der Waals surface area contributed by atoms with E-state index in [1.54, 1.807) is 39.6 Å². The highest BCUT2D eigenvalue weighted by Gasteiger charge is 2.29. The van der Waals surface area contributed by atoms with Gasteiger partial charge in [-0.25, -0.2) is 4.98 Å². The summed E-state index contributed by atoms with van der Waals surface area (Å²) in [6.45, 7) is 3.92. The molecule has 1 N–H and O–H groups in total. The van der Waals surface area contributed by atoms with Crippen LogP contribution in [0.4, 0.5) is 0 Å². The standard InChI is InChI=1S/C22H23Cl2N5O2/c23-18-9-14(11-26-21(18)24)10-25-16-5-7-27(8-6-16)12-17-13-28-19(30)3-1-15-2-4-20(31)29(17)22(15)28/h1-4,9,11,16-17,25H,5-8,10,12-13H2. The summed E-state index contributed by atoms with van der Waals surface area (Å²) in [6.07, 6.45) is 3.79. The Morgan fingerprint density at radius 3 is 2.55 bits per heavy atom. The highest BCUT2D eigenvalue weighted by molar-refractivity contribution is 6.41. The summed E-state index contributed by atoms with van der Waals surface area (Å²) in [5.41, 5.74) is 1.67. The van der Waals surface area contributed by atoms with Crippen LogP contribution in [0.25, 0.3) is 11.0 Å². The summed E-state index contributed by atoms with van der Waals surface area (Å²) in [5.74, 6) is 0. The molecule has 31 heavy (non-hydrogen) atoms. The molecule has 0 amide bonds. The molecule has 9 heteroatoms. The molecule has 1 fully saturated rings. The lowest BCUT2D eigenvalue weighted by Crippen LogP contribution is -2.44. The van der Waals surface area contributed by atoms with E-state index in [4.69, 9.17) is 23.2 Å². The summed E-state index contributed by atoms with van der Waals surface area (Å²) in [6, 6.07) is 9.03. The van der Waals surface area contributed by atoms with Crippen LogP contribution in [0.2, 0.25) is 10.2 Å².